The molecule has 0 fully saturated rings. The summed E-state index contributed by atoms with van der Waals surface area (Å²) in [6.07, 6.45) is 0. The summed E-state index contributed by atoms with van der Waals surface area (Å²) >= 11 is -7.21. The Labute approximate surface area is 399 Å². The van der Waals surface area contributed by atoms with Gasteiger partial charge in [-0.3, -0.25) is 0 Å². The molecule has 0 aromatic heterocycles. The molecule has 8 nitrogen and oxygen atoms in total. The van der Waals surface area contributed by atoms with Gasteiger partial charge in [-0.15, -0.1) is 0 Å². The molecule has 0 amide bonds. The van der Waals surface area contributed by atoms with Crippen LogP contribution in [0.3, 0.4) is 0 Å². The van der Waals surface area contributed by atoms with Crippen LogP contribution in [0.4, 0.5) is 25.9 Å². The summed E-state index contributed by atoms with van der Waals surface area (Å²) in [6, 6.07) is 19.1. The van der Waals surface area contributed by atoms with Crippen molar-refractivity contribution in [3.05, 3.63) is 71.8 Å². The van der Waals surface area contributed by atoms with E-state index < -0.39 is 99.7 Å². The SMILES string of the molecule is CC(C)(C)N=C(c1ccccc1)[N]([Ge]([O][B-](F)(F)F)[N]([Si](C)(C)C)[Si](C)(C)C)C(C)(C)C.CC(C)(C)N=C(c1ccccc1)[N]([Ge]([O][B-](F)(F)F)[N]([Si](C)(C)C)[Si](C)(C)C)C(C)(C)C. The average molecular weight is 1100 g/mol. The Morgan fingerprint density at radius 2 is 0.656 bits per heavy atom. The van der Waals surface area contributed by atoms with Gasteiger partial charge in [-0.2, -0.15) is 0 Å². The molecule has 0 saturated heterocycles. The molecule has 366 valence electrons. The van der Waals surface area contributed by atoms with Gasteiger partial charge in [0.1, 0.15) is 0 Å². The van der Waals surface area contributed by atoms with Gasteiger partial charge < -0.3 is 0 Å². The summed E-state index contributed by atoms with van der Waals surface area (Å²) in [5.74, 6) is 1.17. The predicted molar refractivity (Wildman–Crippen MR) is 278 cm³/mol. The minimum absolute atomic E-state index is 0.468. The summed E-state index contributed by atoms with van der Waals surface area (Å²) in [5, 5.41) is 0. The standard InChI is InChI=1S/2C21H41BF3GeN3OSi2/c2*1-20(2,3)27-19(18-16-14-13-15-17-18)28(21(4,5)6)26(30-22(23,24)25)29(31(7,8)9)32(10,11)12/h2*13-17H,1-12H3/q2*-1. The Kier molecular flexibility index (Phi) is 20.6. The van der Waals surface area contributed by atoms with E-state index in [9.17, 15) is 25.9 Å². The Morgan fingerprint density at radius 1 is 0.438 bits per heavy atom. The topological polar surface area (TPSA) is 56.1 Å². The van der Waals surface area contributed by atoms with Gasteiger partial charge in [0.2, 0.25) is 0 Å². The number of aliphatic imine (C=N–C) groups is 2. The summed E-state index contributed by atoms with van der Waals surface area (Å²) in [4.78, 5) is 9.98. The number of rotatable bonds is 14. The summed E-state index contributed by atoms with van der Waals surface area (Å²) in [6.45, 7) is 49.0. The van der Waals surface area contributed by atoms with Gasteiger partial charge in [0.25, 0.3) is 0 Å². The fourth-order valence-electron chi connectivity index (χ4n) is 7.50. The first-order chi connectivity index (χ1) is 28.1. The van der Waals surface area contributed by atoms with E-state index in [1.165, 1.54) is 0 Å². The van der Waals surface area contributed by atoms with E-state index in [0.29, 0.717) is 11.7 Å². The van der Waals surface area contributed by atoms with Crippen LogP contribution in [0.25, 0.3) is 0 Å². The Balaban J connectivity index is 0.000000640. The van der Waals surface area contributed by atoms with Gasteiger partial charge in [0.05, 0.1) is 0 Å². The van der Waals surface area contributed by atoms with Gasteiger partial charge in [0, 0.05) is 0 Å². The third-order valence-corrected chi connectivity index (χ3v) is 51.8. The van der Waals surface area contributed by atoms with Crippen molar-refractivity contribution < 1.29 is 33.3 Å². The van der Waals surface area contributed by atoms with Gasteiger partial charge in [-0.1, -0.05) is 0 Å². The zero-order chi connectivity index (χ0) is 50.7. The number of hydrogen-bond donors (Lipinski definition) is 0. The Bertz CT molecular complexity index is 1670. The third-order valence-electron chi connectivity index (χ3n) is 8.64. The molecule has 0 unspecified atom stereocenters. The first-order valence-electron chi connectivity index (χ1n) is 22.1. The van der Waals surface area contributed by atoms with Crippen LogP contribution in [-0.2, 0) is 7.36 Å². The number of amidine groups is 2. The molecule has 64 heavy (non-hydrogen) atoms. The predicted octanol–water partition coefficient (Wildman–Crippen LogP) is 13.3. The van der Waals surface area contributed by atoms with Gasteiger partial charge in [-0.05, 0) is 0 Å². The van der Waals surface area contributed by atoms with Crippen molar-refractivity contribution in [2.75, 3.05) is 0 Å². The normalized spacial score (nSPS) is 15.0. The molecule has 22 heteroatoms. The zero-order valence-corrected chi connectivity index (χ0v) is 51.9. The molecular formula is C42H82B2F6Ge2N6O2Si4-2. The molecule has 2 aromatic rings. The van der Waals surface area contributed by atoms with Crippen LogP contribution in [0.1, 0.15) is 94.2 Å². The van der Waals surface area contributed by atoms with Crippen LogP contribution in [-0.4, -0.2) is 125 Å². The molecule has 0 N–H and O–H groups in total. The number of halogens is 6. The van der Waals surface area contributed by atoms with Crippen molar-refractivity contribution in [2.24, 2.45) is 9.98 Å². The van der Waals surface area contributed by atoms with Crippen molar-refractivity contribution in [1.29, 1.82) is 0 Å². The summed E-state index contributed by atoms with van der Waals surface area (Å²) in [7, 11) is -19.6. The average Bonchev–Trinajstić information content (AvgIpc) is 2.98. The zero-order valence-electron chi connectivity index (χ0n) is 43.7. The maximum absolute atomic E-state index is 14.0. The van der Waals surface area contributed by atoms with E-state index in [2.05, 4.69) is 84.9 Å². The molecule has 0 aliphatic carbocycles. The van der Waals surface area contributed by atoms with Crippen LogP contribution >= 0.6 is 0 Å². The molecule has 0 bridgehead atoms. The van der Waals surface area contributed by atoms with Crippen molar-refractivity contribution in [1.82, 2.24) is 14.1 Å². The van der Waals surface area contributed by atoms with Gasteiger partial charge in [-0.25, -0.2) is 0 Å². The number of hydrogen-bond acceptors (Lipinski definition) is 6. The van der Waals surface area contributed by atoms with E-state index in [0.717, 1.165) is 11.1 Å². The number of benzene rings is 2. The van der Waals surface area contributed by atoms with Crippen molar-refractivity contribution in [3.8, 4) is 0 Å². The summed E-state index contributed by atoms with van der Waals surface area (Å²) < 4.78 is 103. The fourth-order valence-corrected chi connectivity index (χ4v) is 50.2. The quantitative estimate of drug-likeness (QED) is 0.0813. The summed E-state index contributed by atoms with van der Waals surface area (Å²) in [5.41, 5.74) is -0.546. The van der Waals surface area contributed by atoms with Crippen molar-refractivity contribution in [3.63, 3.8) is 0 Å². The van der Waals surface area contributed by atoms with Gasteiger partial charge in [0.15, 0.2) is 0 Å². The van der Waals surface area contributed by atoms with Crippen LogP contribution in [0, 0.1) is 0 Å². The second-order valence-corrected chi connectivity index (χ2v) is 55.1. The molecule has 0 spiro atoms. The first-order valence-corrected chi connectivity index (χ1v) is 41.3. The molecule has 2 radical (unpaired) electrons. The molecular weight excluding hydrogens is 1010 g/mol. The molecule has 0 heterocycles. The molecule has 0 saturated carbocycles. The third kappa shape index (κ3) is 20.6. The van der Waals surface area contributed by atoms with E-state index in [1.54, 1.807) is 0 Å². The second kappa shape index (κ2) is 21.7. The van der Waals surface area contributed by atoms with Crippen LogP contribution in [0.5, 0.6) is 0 Å². The van der Waals surface area contributed by atoms with E-state index in [4.69, 9.17) is 17.3 Å². The molecule has 2 rings (SSSR count). The molecule has 0 aliphatic rings. The van der Waals surface area contributed by atoms with Crippen LogP contribution < -0.4 is 0 Å². The van der Waals surface area contributed by atoms with E-state index in [1.807, 2.05) is 151 Å². The van der Waals surface area contributed by atoms with Crippen molar-refractivity contribution in [2.45, 2.75) is 184 Å². The van der Waals surface area contributed by atoms with Gasteiger partial charge >= 0.3 is 402 Å². The van der Waals surface area contributed by atoms with E-state index >= 15 is 0 Å². The fraction of sp³-hybridized carbons (Fsp3) is 0.667. The molecule has 0 aliphatic heterocycles. The second-order valence-electron chi connectivity index (χ2n) is 24.1. The van der Waals surface area contributed by atoms with E-state index in [-0.39, 0.29) is 0 Å². The Morgan fingerprint density at radius 3 is 0.812 bits per heavy atom. The maximum atomic E-state index is 14.0. The first kappa shape index (κ1) is 60.9. The van der Waals surface area contributed by atoms with Crippen molar-refractivity contribution >= 4 is 89.2 Å². The number of nitrogens with zero attached hydrogens (tertiary/aromatic N) is 6. The minimum atomic E-state index is -5.44. The molecule has 2 aromatic carbocycles. The molecule has 0 atom stereocenters. The van der Waals surface area contributed by atoms with Crippen LogP contribution in [0.2, 0.25) is 78.6 Å². The monoisotopic (exact) mass is 1100 g/mol. The Hall–Kier alpha value is -1.12. The van der Waals surface area contributed by atoms with Crippen LogP contribution in [0.15, 0.2) is 70.6 Å².